The van der Waals surface area contributed by atoms with E-state index in [0.29, 0.717) is 5.75 Å². The van der Waals surface area contributed by atoms with Gasteiger partial charge in [-0.15, -0.1) is 0 Å². The lowest BCUT2D eigenvalue weighted by Crippen LogP contribution is -2.36. The van der Waals surface area contributed by atoms with Crippen LogP contribution in [0.2, 0.25) is 0 Å². The number of amides is 1. The maximum atomic E-state index is 12.0. The molecule has 0 aliphatic heterocycles. The molecule has 26 heavy (non-hydrogen) atoms. The normalized spacial score (nSPS) is 11.5. The van der Waals surface area contributed by atoms with Gasteiger partial charge in [-0.2, -0.15) is 0 Å². The minimum atomic E-state index is -0.571. The van der Waals surface area contributed by atoms with Crippen LogP contribution in [-0.4, -0.2) is 30.6 Å². The van der Waals surface area contributed by atoms with E-state index >= 15 is 0 Å². The average Bonchev–Trinajstić information content (AvgIpc) is 2.65. The number of aryl methyl sites for hydroxylation is 1. The van der Waals surface area contributed by atoms with Gasteiger partial charge >= 0.3 is 5.69 Å². The second kappa shape index (κ2) is 9.41. The van der Waals surface area contributed by atoms with E-state index in [1.807, 2.05) is 37.3 Å². The molecule has 0 aliphatic carbocycles. The van der Waals surface area contributed by atoms with Crippen LogP contribution in [0.5, 0.6) is 11.5 Å². The van der Waals surface area contributed by atoms with E-state index in [9.17, 15) is 14.9 Å². The van der Waals surface area contributed by atoms with Crippen molar-refractivity contribution in [1.29, 1.82) is 0 Å². The molecule has 0 bridgehead atoms. The average molecular weight is 358 g/mol. The number of nitrogens with one attached hydrogen (secondary N) is 1. The Morgan fingerprint density at radius 1 is 1.23 bits per heavy atom. The third kappa shape index (κ3) is 5.77. The van der Waals surface area contributed by atoms with Gasteiger partial charge < -0.3 is 14.8 Å². The van der Waals surface area contributed by atoms with Crippen molar-refractivity contribution in [2.45, 2.75) is 25.8 Å². The molecule has 0 saturated carbocycles. The quantitative estimate of drug-likeness (QED) is 0.549. The van der Waals surface area contributed by atoms with Crippen LogP contribution in [-0.2, 0) is 11.2 Å². The summed E-state index contributed by atoms with van der Waals surface area (Å²) in [6.07, 6.45) is 1.64. The Kier molecular flexibility index (Phi) is 6.96. The first-order valence-corrected chi connectivity index (χ1v) is 8.28. The fourth-order valence-corrected chi connectivity index (χ4v) is 2.45. The van der Waals surface area contributed by atoms with Crippen LogP contribution in [0.1, 0.15) is 18.9 Å². The van der Waals surface area contributed by atoms with Gasteiger partial charge in [-0.1, -0.05) is 30.3 Å². The number of nitro benzene ring substituents is 1. The molecule has 138 valence electrons. The minimum Gasteiger partial charge on any atom is -0.496 e. The van der Waals surface area contributed by atoms with Gasteiger partial charge in [0.1, 0.15) is 5.75 Å². The zero-order valence-electron chi connectivity index (χ0n) is 14.8. The van der Waals surface area contributed by atoms with Gasteiger partial charge in [0.05, 0.1) is 18.1 Å². The molecule has 7 heteroatoms. The first-order valence-electron chi connectivity index (χ1n) is 8.28. The Morgan fingerprint density at radius 3 is 2.62 bits per heavy atom. The molecular formula is C19H22N2O5. The Hall–Kier alpha value is -3.09. The second-order valence-electron chi connectivity index (χ2n) is 5.87. The number of hydrogen-bond acceptors (Lipinski definition) is 5. The highest BCUT2D eigenvalue weighted by Gasteiger charge is 2.18. The number of methoxy groups -OCH3 is 1. The smallest absolute Gasteiger partial charge is 0.314 e. The molecular weight excluding hydrogens is 336 g/mol. The van der Waals surface area contributed by atoms with Crippen molar-refractivity contribution in [2.75, 3.05) is 13.7 Å². The summed E-state index contributed by atoms with van der Waals surface area (Å²) in [6, 6.07) is 14.2. The molecule has 0 unspecified atom stereocenters. The number of carbonyl (C=O) groups excluding carboxylic acids is 1. The summed E-state index contributed by atoms with van der Waals surface area (Å²) < 4.78 is 10.3. The Labute approximate surface area is 152 Å². The summed E-state index contributed by atoms with van der Waals surface area (Å²) in [7, 11) is 1.42. The van der Waals surface area contributed by atoms with Crippen LogP contribution >= 0.6 is 0 Å². The first kappa shape index (κ1) is 19.2. The zero-order valence-corrected chi connectivity index (χ0v) is 14.8. The highest BCUT2D eigenvalue weighted by atomic mass is 16.6. The minimum absolute atomic E-state index is 0.0304. The van der Waals surface area contributed by atoms with Gasteiger partial charge in [0.2, 0.25) is 0 Å². The fourth-order valence-electron chi connectivity index (χ4n) is 2.45. The van der Waals surface area contributed by atoms with Crippen LogP contribution in [0.4, 0.5) is 5.69 Å². The van der Waals surface area contributed by atoms with Gasteiger partial charge in [-0.25, -0.2) is 0 Å². The lowest BCUT2D eigenvalue weighted by Gasteiger charge is -2.14. The number of ether oxygens (including phenoxy) is 2. The summed E-state index contributed by atoms with van der Waals surface area (Å²) in [4.78, 5) is 22.5. The maximum Gasteiger partial charge on any atom is 0.314 e. The molecule has 1 atom stereocenters. The Morgan fingerprint density at radius 2 is 1.96 bits per heavy atom. The molecule has 1 amide bonds. The van der Waals surface area contributed by atoms with Gasteiger partial charge in [0, 0.05) is 6.04 Å². The van der Waals surface area contributed by atoms with Crippen LogP contribution in [0.3, 0.4) is 0 Å². The molecule has 2 aromatic carbocycles. The third-order valence-corrected chi connectivity index (χ3v) is 3.84. The van der Waals surface area contributed by atoms with Crippen LogP contribution < -0.4 is 14.8 Å². The molecule has 0 aliphatic rings. The molecule has 0 aromatic heterocycles. The van der Waals surface area contributed by atoms with E-state index < -0.39 is 4.92 Å². The monoisotopic (exact) mass is 358 g/mol. The molecule has 0 saturated heterocycles. The summed E-state index contributed by atoms with van der Waals surface area (Å²) in [5.74, 6) is 0.0570. The number of carbonyl (C=O) groups is 1. The van der Waals surface area contributed by atoms with Gasteiger partial charge in [-0.05, 0) is 37.5 Å². The van der Waals surface area contributed by atoms with Crippen molar-refractivity contribution >= 4 is 11.6 Å². The lowest BCUT2D eigenvalue weighted by atomic mass is 10.1. The van der Waals surface area contributed by atoms with Crippen LogP contribution in [0, 0.1) is 10.1 Å². The van der Waals surface area contributed by atoms with E-state index in [2.05, 4.69) is 5.32 Å². The highest BCUT2D eigenvalue weighted by molar-refractivity contribution is 5.78. The summed E-state index contributed by atoms with van der Waals surface area (Å²) >= 11 is 0. The van der Waals surface area contributed by atoms with Crippen molar-refractivity contribution in [3.63, 3.8) is 0 Å². The van der Waals surface area contributed by atoms with E-state index in [0.717, 1.165) is 12.8 Å². The van der Waals surface area contributed by atoms with Crippen molar-refractivity contribution in [2.24, 2.45) is 0 Å². The molecule has 1 N–H and O–H groups in total. The molecule has 2 rings (SSSR count). The molecule has 0 spiro atoms. The predicted octanol–water partition coefficient (Wildman–Crippen LogP) is 3.12. The van der Waals surface area contributed by atoms with E-state index in [-0.39, 0.29) is 30.0 Å². The summed E-state index contributed by atoms with van der Waals surface area (Å²) in [5, 5.41) is 13.9. The van der Waals surface area contributed by atoms with E-state index in [4.69, 9.17) is 9.47 Å². The molecule has 0 radical (unpaired) electrons. The third-order valence-electron chi connectivity index (χ3n) is 3.84. The standard InChI is InChI=1S/C19H22N2O5/c1-14(8-9-15-6-4-3-5-7-15)20-19(22)13-26-18-11-10-16(25-2)12-17(18)21(23)24/h3-7,10-12,14H,8-9,13H2,1-2H3,(H,20,22)/t14-/m1/s1. The summed E-state index contributed by atoms with van der Waals surface area (Å²) in [6.45, 7) is 1.62. The fraction of sp³-hybridized carbons (Fsp3) is 0.316. The molecule has 0 fully saturated rings. The van der Waals surface area contributed by atoms with Crippen molar-refractivity contribution < 1.29 is 19.2 Å². The number of rotatable bonds is 9. The maximum absolute atomic E-state index is 12.0. The topological polar surface area (TPSA) is 90.7 Å². The Bertz CT molecular complexity index is 749. The lowest BCUT2D eigenvalue weighted by molar-refractivity contribution is -0.385. The predicted molar refractivity (Wildman–Crippen MR) is 97.5 cm³/mol. The van der Waals surface area contributed by atoms with Crippen molar-refractivity contribution in [1.82, 2.24) is 5.32 Å². The van der Waals surface area contributed by atoms with Crippen LogP contribution in [0.15, 0.2) is 48.5 Å². The second-order valence-corrected chi connectivity index (χ2v) is 5.87. The summed E-state index contributed by atoms with van der Waals surface area (Å²) in [5.41, 5.74) is 0.966. The molecule has 0 heterocycles. The van der Waals surface area contributed by atoms with Crippen LogP contribution in [0.25, 0.3) is 0 Å². The first-order chi connectivity index (χ1) is 12.5. The number of hydrogen-bond donors (Lipinski definition) is 1. The number of nitro groups is 1. The molecule has 7 nitrogen and oxygen atoms in total. The van der Waals surface area contributed by atoms with Crippen molar-refractivity contribution in [3.05, 3.63) is 64.2 Å². The highest BCUT2D eigenvalue weighted by Crippen LogP contribution is 2.30. The largest absolute Gasteiger partial charge is 0.496 e. The zero-order chi connectivity index (χ0) is 18.9. The number of nitrogens with zero attached hydrogens (tertiary/aromatic N) is 1. The van der Waals surface area contributed by atoms with E-state index in [1.54, 1.807) is 6.07 Å². The molecule has 2 aromatic rings. The van der Waals surface area contributed by atoms with E-state index in [1.165, 1.54) is 24.8 Å². The SMILES string of the molecule is COc1ccc(OCC(=O)N[C@H](C)CCc2ccccc2)c([N+](=O)[O-])c1. The number of benzene rings is 2. The van der Waals surface area contributed by atoms with Crippen molar-refractivity contribution in [3.8, 4) is 11.5 Å². The van der Waals surface area contributed by atoms with Gasteiger partial charge in [-0.3, -0.25) is 14.9 Å². The Balaban J connectivity index is 1.83. The van der Waals surface area contributed by atoms with Gasteiger partial charge in [0.25, 0.3) is 5.91 Å². The van der Waals surface area contributed by atoms with Gasteiger partial charge in [0.15, 0.2) is 12.4 Å².